The van der Waals surface area contributed by atoms with E-state index in [1.165, 1.54) is 0 Å². The van der Waals surface area contributed by atoms with Crippen molar-refractivity contribution in [2.75, 3.05) is 60.4 Å². The molecule has 1 saturated heterocycles. The summed E-state index contributed by atoms with van der Waals surface area (Å²) in [6, 6.07) is 0. The maximum Gasteiger partial charge on any atom is 0.317 e. The molecule has 1 rings (SSSR count). The highest BCUT2D eigenvalue weighted by molar-refractivity contribution is 5.88. The predicted octanol–water partition coefficient (Wildman–Crippen LogP) is 0.192. The van der Waals surface area contributed by atoms with Crippen LogP contribution in [-0.2, 0) is 14.4 Å². The second-order valence-electron chi connectivity index (χ2n) is 8.59. The number of hydrogen-bond donors (Lipinski definition) is 2. The third-order valence-corrected chi connectivity index (χ3v) is 5.93. The summed E-state index contributed by atoms with van der Waals surface area (Å²) in [6.45, 7) is 6.17. The van der Waals surface area contributed by atoms with E-state index < -0.39 is 17.5 Å². The number of aliphatic carboxylic acids is 1. The number of likely N-dealkylation sites (N-methyl/N-ethyl adjacent to an activating group) is 3. The van der Waals surface area contributed by atoms with Crippen molar-refractivity contribution in [1.82, 2.24) is 14.7 Å². The SMILES string of the molecule is CCC1CCN(C)CC(=O)C(O)C1(C)CC(=O)CN(C)CCN(C)CC(=O)O. The number of Topliss-reactive ketones (excluding diaryl/α,β-unsaturated/α-hetero) is 2. The highest BCUT2D eigenvalue weighted by Crippen LogP contribution is 2.41. The molecule has 2 N–H and O–H groups in total. The molecule has 1 heterocycles. The Morgan fingerprint density at radius 3 is 2.32 bits per heavy atom. The van der Waals surface area contributed by atoms with Gasteiger partial charge in [0.1, 0.15) is 11.9 Å². The Hall–Kier alpha value is -1.35. The van der Waals surface area contributed by atoms with Crippen molar-refractivity contribution in [3.63, 3.8) is 0 Å². The molecule has 0 radical (unpaired) electrons. The zero-order chi connectivity index (χ0) is 21.5. The first-order chi connectivity index (χ1) is 13.0. The smallest absolute Gasteiger partial charge is 0.317 e. The first kappa shape index (κ1) is 24.7. The summed E-state index contributed by atoms with van der Waals surface area (Å²) in [6.07, 6.45) is 0.669. The molecule has 1 aliphatic heterocycles. The van der Waals surface area contributed by atoms with Gasteiger partial charge in [-0.05, 0) is 40.0 Å². The molecule has 162 valence electrons. The Labute approximate surface area is 168 Å². The van der Waals surface area contributed by atoms with Gasteiger partial charge in [-0.15, -0.1) is 0 Å². The van der Waals surface area contributed by atoms with Crippen LogP contribution in [0.15, 0.2) is 0 Å². The number of nitrogens with zero attached hydrogens (tertiary/aromatic N) is 3. The Bertz CT molecular complexity index is 556. The van der Waals surface area contributed by atoms with Gasteiger partial charge in [-0.3, -0.25) is 29.1 Å². The fourth-order valence-electron chi connectivity index (χ4n) is 4.15. The van der Waals surface area contributed by atoms with E-state index in [0.29, 0.717) is 13.1 Å². The Morgan fingerprint density at radius 2 is 1.79 bits per heavy atom. The number of carboxylic acid groups (broad SMARTS) is 1. The number of aliphatic hydroxyl groups excluding tert-OH is 1. The molecule has 0 saturated carbocycles. The molecule has 8 nitrogen and oxygen atoms in total. The third-order valence-electron chi connectivity index (χ3n) is 5.93. The zero-order valence-electron chi connectivity index (χ0n) is 18.0. The average molecular weight is 400 g/mol. The van der Waals surface area contributed by atoms with Crippen molar-refractivity contribution >= 4 is 17.5 Å². The Kier molecular flexibility index (Phi) is 9.69. The van der Waals surface area contributed by atoms with Gasteiger partial charge in [0.2, 0.25) is 0 Å². The number of carbonyl (C=O) groups excluding carboxylic acids is 2. The number of likely N-dealkylation sites (tertiary alicyclic amines) is 1. The van der Waals surface area contributed by atoms with Crippen molar-refractivity contribution in [2.45, 2.75) is 39.2 Å². The van der Waals surface area contributed by atoms with E-state index in [2.05, 4.69) is 0 Å². The molecule has 0 bridgehead atoms. The summed E-state index contributed by atoms with van der Waals surface area (Å²) in [5.74, 6) is -1.02. The van der Waals surface area contributed by atoms with Crippen molar-refractivity contribution in [3.8, 4) is 0 Å². The fraction of sp³-hybridized carbons (Fsp3) is 0.850. The van der Waals surface area contributed by atoms with Crippen LogP contribution in [0.25, 0.3) is 0 Å². The fourth-order valence-corrected chi connectivity index (χ4v) is 4.15. The van der Waals surface area contributed by atoms with Crippen LogP contribution < -0.4 is 0 Å². The largest absolute Gasteiger partial charge is 0.480 e. The van der Waals surface area contributed by atoms with E-state index in [4.69, 9.17) is 5.11 Å². The first-order valence-corrected chi connectivity index (χ1v) is 9.99. The molecule has 0 spiro atoms. The number of carboxylic acids is 1. The Morgan fingerprint density at radius 1 is 1.21 bits per heavy atom. The van der Waals surface area contributed by atoms with Crippen LogP contribution in [0.4, 0.5) is 0 Å². The van der Waals surface area contributed by atoms with Crippen LogP contribution in [0.5, 0.6) is 0 Å². The average Bonchev–Trinajstić information content (AvgIpc) is 2.58. The van der Waals surface area contributed by atoms with Crippen LogP contribution in [0.3, 0.4) is 0 Å². The molecule has 0 aromatic heterocycles. The summed E-state index contributed by atoms with van der Waals surface area (Å²) in [5, 5.41) is 19.6. The minimum Gasteiger partial charge on any atom is -0.480 e. The van der Waals surface area contributed by atoms with E-state index in [0.717, 1.165) is 19.4 Å². The van der Waals surface area contributed by atoms with Crippen molar-refractivity contribution in [1.29, 1.82) is 0 Å². The quantitative estimate of drug-likeness (QED) is 0.537. The lowest BCUT2D eigenvalue weighted by Crippen LogP contribution is -2.51. The number of hydrogen-bond acceptors (Lipinski definition) is 7. The van der Waals surface area contributed by atoms with E-state index in [9.17, 15) is 19.5 Å². The second-order valence-corrected chi connectivity index (χ2v) is 8.59. The Balaban J connectivity index is 2.71. The molecule has 0 aromatic carbocycles. The minimum absolute atomic E-state index is 0.00915. The predicted molar refractivity (Wildman–Crippen MR) is 107 cm³/mol. The topological polar surface area (TPSA) is 101 Å². The second kappa shape index (κ2) is 11.0. The molecular weight excluding hydrogens is 362 g/mol. The van der Waals surface area contributed by atoms with E-state index >= 15 is 0 Å². The first-order valence-electron chi connectivity index (χ1n) is 9.99. The zero-order valence-corrected chi connectivity index (χ0v) is 18.0. The molecule has 3 unspecified atom stereocenters. The summed E-state index contributed by atoms with van der Waals surface area (Å²) < 4.78 is 0. The standard InChI is InChI=1S/C20H37N3O5/c1-6-15-7-8-21(3)13-17(25)19(28)20(15,2)11-16(24)12-22(4)9-10-23(5)14-18(26)27/h15,19,28H,6-14H2,1-5H3,(H,26,27). The number of carbonyl (C=O) groups is 3. The molecule has 0 aromatic rings. The maximum absolute atomic E-state index is 12.7. The van der Waals surface area contributed by atoms with E-state index in [-0.39, 0.29) is 43.5 Å². The molecule has 1 fully saturated rings. The molecule has 0 amide bonds. The molecule has 1 aliphatic rings. The maximum atomic E-state index is 12.7. The number of aliphatic hydroxyl groups is 1. The number of ketones is 2. The van der Waals surface area contributed by atoms with Crippen LogP contribution in [-0.4, -0.2) is 109 Å². The monoisotopic (exact) mass is 399 g/mol. The van der Waals surface area contributed by atoms with Gasteiger partial charge in [0.25, 0.3) is 0 Å². The normalized spacial score (nSPS) is 27.1. The van der Waals surface area contributed by atoms with Crippen LogP contribution >= 0.6 is 0 Å². The van der Waals surface area contributed by atoms with E-state index in [1.54, 1.807) is 11.9 Å². The van der Waals surface area contributed by atoms with E-state index in [1.807, 2.05) is 37.7 Å². The minimum atomic E-state index is -1.14. The summed E-state index contributed by atoms with van der Waals surface area (Å²) in [7, 11) is 5.42. The third kappa shape index (κ3) is 7.24. The molecule has 0 aliphatic carbocycles. The van der Waals surface area contributed by atoms with Gasteiger partial charge in [0, 0.05) is 24.9 Å². The summed E-state index contributed by atoms with van der Waals surface area (Å²) in [4.78, 5) is 41.4. The summed E-state index contributed by atoms with van der Waals surface area (Å²) >= 11 is 0. The van der Waals surface area contributed by atoms with Gasteiger partial charge in [-0.25, -0.2) is 0 Å². The van der Waals surface area contributed by atoms with Gasteiger partial charge in [-0.1, -0.05) is 20.3 Å². The molecule has 8 heteroatoms. The lowest BCUT2D eigenvalue weighted by Gasteiger charge is -2.43. The van der Waals surface area contributed by atoms with Crippen molar-refractivity contribution in [2.24, 2.45) is 11.3 Å². The lowest BCUT2D eigenvalue weighted by atomic mass is 9.65. The van der Waals surface area contributed by atoms with Gasteiger partial charge in [-0.2, -0.15) is 0 Å². The highest BCUT2D eigenvalue weighted by Gasteiger charge is 2.45. The van der Waals surface area contributed by atoms with Crippen molar-refractivity contribution in [3.05, 3.63) is 0 Å². The van der Waals surface area contributed by atoms with Gasteiger partial charge in [0.05, 0.1) is 19.6 Å². The highest BCUT2D eigenvalue weighted by atomic mass is 16.4. The van der Waals surface area contributed by atoms with Crippen LogP contribution in [0.1, 0.15) is 33.1 Å². The van der Waals surface area contributed by atoms with Crippen molar-refractivity contribution < 1.29 is 24.6 Å². The number of rotatable bonds is 10. The van der Waals surface area contributed by atoms with Gasteiger partial charge in [0.15, 0.2) is 5.78 Å². The lowest BCUT2D eigenvalue weighted by molar-refractivity contribution is -0.143. The van der Waals surface area contributed by atoms with Crippen LogP contribution in [0.2, 0.25) is 0 Å². The molecular formula is C20H37N3O5. The van der Waals surface area contributed by atoms with Crippen LogP contribution in [0, 0.1) is 11.3 Å². The summed E-state index contributed by atoms with van der Waals surface area (Å²) in [5.41, 5.74) is -0.759. The van der Waals surface area contributed by atoms with Gasteiger partial charge < -0.3 is 10.2 Å². The molecule has 28 heavy (non-hydrogen) atoms. The van der Waals surface area contributed by atoms with Gasteiger partial charge >= 0.3 is 5.97 Å². The molecule has 3 atom stereocenters.